The summed E-state index contributed by atoms with van der Waals surface area (Å²) in [5, 5.41) is 4.09. The van der Waals surface area contributed by atoms with E-state index in [1.807, 2.05) is 12.1 Å². The SMILES string of the molecule is CCNCCC1CCN(c2ccc(OC)c(Cl)c2)C1. The van der Waals surface area contributed by atoms with E-state index in [0.717, 1.165) is 37.8 Å². The maximum Gasteiger partial charge on any atom is 0.137 e. The molecule has 1 fully saturated rings. The second-order valence-electron chi connectivity index (χ2n) is 5.06. The average Bonchev–Trinajstić information content (AvgIpc) is 2.88. The molecule has 3 nitrogen and oxygen atoms in total. The van der Waals surface area contributed by atoms with Crippen molar-refractivity contribution in [3.05, 3.63) is 23.2 Å². The monoisotopic (exact) mass is 282 g/mol. The van der Waals surface area contributed by atoms with Gasteiger partial charge in [0, 0.05) is 18.8 Å². The molecule has 1 aliphatic rings. The van der Waals surface area contributed by atoms with Gasteiger partial charge in [-0.1, -0.05) is 18.5 Å². The van der Waals surface area contributed by atoms with Gasteiger partial charge in [0.15, 0.2) is 0 Å². The highest BCUT2D eigenvalue weighted by molar-refractivity contribution is 6.32. The summed E-state index contributed by atoms with van der Waals surface area (Å²) in [6.07, 6.45) is 2.53. The number of nitrogens with zero attached hydrogens (tertiary/aromatic N) is 1. The Kier molecular flexibility index (Phi) is 5.34. The summed E-state index contributed by atoms with van der Waals surface area (Å²) in [6.45, 7) is 6.59. The largest absolute Gasteiger partial charge is 0.495 e. The van der Waals surface area contributed by atoms with Crippen molar-refractivity contribution in [1.82, 2.24) is 5.32 Å². The summed E-state index contributed by atoms with van der Waals surface area (Å²) in [5.41, 5.74) is 1.21. The number of anilines is 1. The van der Waals surface area contributed by atoms with E-state index in [1.165, 1.54) is 18.5 Å². The first-order valence-corrected chi connectivity index (χ1v) is 7.41. The summed E-state index contributed by atoms with van der Waals surface area (Å²) in [4.78, 5) is 2.42. The second kappa shape index (κ2) is 7.01. The van der Waals surface area contributed by atoms with Crippen molar-refractivity contribution >= 4 is 17.3 Å². The third kappa shape index (κ3) is 3.77. The van der Waals surface area contributed by atoms with Crippen LogP contribution < -0.4 is 15.0 Å². The number of nitrogens with one attached hydrogen (secondary N) is 1. The molecule has 19 heavy (non-hydrogen) atoms. The Bertz CT molecular complexity index is 411. The van der Waals surface area contributed by atoms with Crippen LogP contribution in [0.3, 0.4) is 0 Å². The molecule has 1 N–H and O–H groups in total. The highest BCUT2D eigenvalue weighted by Crippen LogP contribution is 2.32. The molecule has 1 atom stereocenters. The molecule has 1 heterocycles. The van der Waals surface area contributed by atoms with Gasteiger partial charge in [-0.15, -0.1) is 0 Å². The Hall–Kier alpha value is -0.930. The van der Waals surface area contributed by atoms with Gasteiger partial charge in [-0.05, 0) is 50.0 Å². The number of ether oxygens (including phenoxy) is 1. The Labute approximate surface area is 120 Å². The maximum absolute atomic E-state index is 6.19. The predicted octanol–water partition coefficient (Wildman–Crippen LogP) is 3.17. The zero-order valence-electron chi connectivity index (χ0n) is 11.8. The van der Waals surface area contributed by atoms with Gasteiger partial charge in [0.05, 0.1) is 12.1 Å². The maximum atomic E-state index is 6.19. The van der Waals surface area contributed by atoms with Crippen LogP contribution in [-0.2, 0) is 0 Å². The number of benzene rings is 1. The van der Waals surface area contributed by atoms with E-state index in [0.29, 0.717) is 5.02 Å². The quantitative estimate of drug-likeness (QED) is 0.811. The van der Waals surface area contributed by atoms with Crippen LogP contribution in [-0.4, -0.2) is 33.3 Å². The van der Waals surface area contributed by atoms with E-state index in [-0.39, 0.29) is 0 Å². The molecule has 0 aliphatic carbocycles. The Morgan fingerprint density at radius 1 is 1.47 bits per heavy atom. The van der Waals surface area contributed by atoms with Gasteiger partial charge >= 0.3 is 0 Å². The molecule has 0 aromatic heterocycles. The van der Waals surface area contributed by atoms with Gasteiger partial charge in [0.2, 0.25) is 0 Å². The van der Waals surface area contributed by atoms with Crippen molar-refractivity contribution in [2.75, 3.05) is 38.2 Å². The number of rotatable bonds is 6. The van der Waals surface area contributed by atoms with Crippen LogP contribution >= 0.6 is 11.6 Å². The fourth-order valence-corrected chi connectivity index (χ4v) is 2.89. The summed E-state index contributed by atoms with van der Waals surface area (Å²) >= 11 is 6.19. The average molecular weight is 283 g/mol. The fourth-order valence-electron chi connectivity index (χ4n) is 2.64. The minimum absolute atomic E-state index is 0.691. The van der Waals surface area contributed by atoms with Crippen LogP contribution in [0, 0.1) is 5.92 Å². The Morgan fingerprint density at radius 3 is 3.00 bits per heavy atom. The topological polar surface area (TPSA) is 24.5 Å². The van der Waals surface area contributed by atoms with Crippen LogP contribution in [0.25, 0.3) is 0 Å². The highest BCUT2D eigenvalue weighted by atomic mass is 35.5. The van der Waals surface area contributed by atoms with Crippen LogP contribution in [0.15, 0.2) is 18.2 Å². The lowest BCUT2D eigenvalue weighted by molar-refractivity contribution is 0.415. The molecule has 2 rings (SSSR count). The van der Waals surface area contributed by atoms with E-state index in [4.69, 9.17) is 16.3 Å². The molecule has 0 bridgehead atoms. The standard InChI is InChI=1S/C15H23ClN2O/c1-3-17-8-6-12-7-9-18(11-12)13-4-5-15(19-2)14(16)10-13/h4-5,10,12,17H,3,6-9,11H2,1-2H3. The van der Waals surface area contributed by atoms with Gasteiger partial charge in [-0.25, -0.2) is 0 Å². The first-order chi connectivity index (χ1) is 9.24. The summed E-state index contributed by atoms with van der Waals surface area (Å²) < 4.78 is 5.19. The third-order valence-electron chi connectivity index (χ3n) is 3.77. The molecular weight excluding hydrogens is 260 g/mol. The zero-order chi connectivity index (χ0) is 13.7. The van der Waals surface area contributed by atoms with Crippen LogP contribution in [0.5, 0.6) is 5.75 Å². The molecule has 1 unspecified atom stereocenters. The first-order valence-electron chi connectivity index (χ1n) is 7.03. The Balaban J connectivity index is 1.91. The van der Waals surface area contributed by atoms with Crippen LogP contribution in [0.4, 0.5) is 5.69 Å². The number of hydrogen-bond donors (Lipinski definition) is 1. The lowest BCUT2D eigenvalue weighted by Gasteiger charge is -2.19. The van der Waals surface area contributed by atoms with Crippen molar-refractivity contribution in [2.24, 2.45) is 5.92 Å². The number of halogens is 1. The number of hydrogen-bond acceptors (Lipinski definition) is 3. The fraction of sp³-hybridized carbons (Fsp3) is 0.600. The van der Waals surface area contributed by atoms with Crippen LogP contribution in [0.2, 0.25) is 5.02 Å². The number of methoxy groups -OCH3 is 1. The van der Waals surface area contributed by atoms with Crippen molar-refractivity contribution in [3.63, 3.8) is 0 Å². The first kappa shape index (κ1) is 14.5. The summed E-state index contributed by atoms with van der Waals surface area (Å²) in [7, 11) is 1.65. The van der Waals surface area contributed by atoms with E-state index in [1.54, 1.807) is 7.11 Å². The van der Waals surface area contributed by atoms with Crippen molar-refractivity contribution in [2.45, 2.75) is 19.8 Å². The van der Waals surface area contributed by atoms with Gasteiger partial charge in [-0.3, -0.25) is 0 Å². The Morgan fingerprint density at radius 2 is 2.32 bits per heavy atom. The molecule has 0 radical (unpaired) electrons. The van der Waals surface area contributed by atoms with Gasteiger partial charge in [-0.2, -0.15) is 0 Å². The van der Waals surface area contributed by atoms with Gasteiger partial charge in [0.25, 0.3) is 0 Å². The lowest BCUT2D eigenvalue weighted by Crippen LogP contribution is -2.22. The minimum atomic E-state index is 0.691. The molecule has 0 spiro atoms. The molecule has 1 aromatic carbocycles. The van der Waals surface area contributed by atoms with E-state index in [9.17, 15) is 0 Å². The van der Waals surface area contributed by atoms with Crippen molar-refractivity contribution in [3.8, 4) is 5.75 Å². The van der Waals surface area contributed by atoms with E-state index >= 15 is 0 Å². The zero-order valence-corrected chi connectivity index (χ0v) is 12.5. The van der Waals surface area contributed by atoms with Gasteiger partial charge in [0.1, 0.15) is 5.75 Å². The smallest absolute Gasteiger partial charge is 0.137 e. The van der Waals surface area contributed by atoms with Crippen LogP contribution in [0.1, 0.15) is 19.8 Å². The second-order valence-corrected chi connectivity index (χ2v) is 5.47. The van der Waals surface area contributed by atoms with E-state index in [2.05, 4.69) is 23.2 Å². The third-order valence-corrected chi connectivity index (χ3v) is 4.06. The summed E-state index contributed by atoms with van der Waals surface area (Å²) in [5.74, 6) is 1.54. The van der Waals surface area contributed by atoms with E-state index < -0.39 is 0 Å². The molecule has 0 amide bonds. The molecule has 1 saturated heterocycles. The van der Waals surface area contributed by atoms with Crippen molar-refractivity contribution in [1.29, 1.82) is 0 Å². The highest BCUT2D eigenvalue weighted by Gasteiger charge is 2.22. The molecule has 1 aromatic rings. The minimum Gasteiger partial charge on any atom is -0.495 e. The van der Waals surface area contributed by atoms with Crippen molar-refractivity contribution < 1.29 is 4.74 Å². The summed E-state index contributed by atoms with van der Waals surface area (Å²) in [6, 6.07) is 6.05. The molecular formula is C15H23ClN2O. The predicted molar refractivity (Wildman–Crippen MR) is 81.5 cm³/mol. The molecule has 1 aliphatic heterocycles. The normalized spacial score (nSPS) is 18.9. The van der Waals surface area contributed by atoms with Gasteiger partial charge < -0.3 is 15.0 Å². The molecule has 4 heteroatoms. The lowest BCUT2D eigenvalue weighted by atomic mass is 10.1. The molecule has 106 valence electrons. The molecule has 0 saturated carbocycles.